The van der Waals surface area contributed by atoms with Gasteiger partial charge in [-0.25, -0.2) is 0 Å². The molecule has 1 aromatic carbocycles. The van der Waals surface area contributed by atoms with E-state index in [9.17, 15) is 0 Å². The lowest BCUT2D eigenvalue weighted by atomic mass is 10.1. The van der Waals surface area contributed by atoms with E-state index in [-0.39, 0.29) is 0 Å². The molecule has 0 N–H and O–H groups in total. The quantitative estimate of drug-likeness (QED) is 0.759. The van der Waals surface area contributed by atoms with Crippen molar-refractivity contribution < 1.29 is 4.74 Å². The van der Waals surface area contributed by atoms with E-state index in [1.807, 2.05) is 12.4 Å². The standard InChI is InChI=1S/C20H24N2O/c1-2-7-19(8-3-1)20(22-14-16-23-17-15-22)9-5-4-6-18-10-12-21-13-11-18/h1-3,7-13H,4-6,14-17H2/b20-9+. The van der Waals surface area contributed by atoms with Crippen LogP contribution in [0.15, 0.2) is 60.9 Å². The molecule has 3 heteroatoms. The number of aryl methyl sites for hydroxylation is 1. The number of pyridine rings is 1. The monoisotopic (exact) mass is 308 g/mol. The molecule has 1 aromatic heterocycles. The van der Waals surface area contributed by atoms with Gasteiger partial charge >= 0.3 is 0 Å². The molecule has 3 nitrogen and oxygen atoms in total. The molecule has 1 fully saturated rings. The fourth-order valence-corrected chi connectivity index (χ4v) is 2.94. The minimum Gasteiger partial charge on any atom is -0.378 e. The Morgan fingerprint density at radius 3 is 2.52 bits per heavy atom. The third-order valence-corrected chi connectivity index (χ3v) is 4.18. The summed E-state index contributed by atoms with van der Waals surface area (Å²) in [5.41, 5.74) is 4.02. The van der Waals surface area contributed by atoms with E-state index < -0.39 is 0 Å². The lowest BCUT2D eigenvalue weighted by Crippen LogP contribution is -2.35. The first kappa shape index (κ1) is 15.8. The Balaban J connectivity index is 1.65. The number of unbranched alkanes of at least 4 members (excludes halogenated alkanes) is 1. The van der Waals surface area contributed by atoms with Crippen LogP contribution in [0.1, 0.15) is 24.0 Å². The molecule has 2 aromatic rings. The maximum absolute atomic E-state index is 5.49. The first-order chi connectivity index (χ1) is 11.4. The highest BCUT2D eigenvalue weighted by molar-refractivity contribution is 5.64. The maximum Gasteiger partial charge on any atom is 0.0642 e. The molecule has 1 aliphatic rings. The van der Waals surface area contributed by atoms with Gasteiger partial charge in [0, 0.05) is 31.2 Å². The smallest absolute Gasteiger partial charge is 0.0642 e. The Kier molecular flexibility index (Phi) is 5.81. The van der Waals surface area contributed by atoms with Gasteiger partial charge in [-0.15, -0.1) is 0 Å². The molecule has 0 saturated carbocycles. The number of morpholine rings is 1. The zero-order valence-corrected chi connectivity index (χ0v) is 13.5. The van der Waals surface area contributed by atoms with Crippen molar-refractivity contribution in [3.63, 3.8) is 0 Å². The number of rotatable bonds is 6. The van der Waals surface area contributed by atoms with Crippen molar-refractivity contribution in [2.75, 3.05) is 26.3 Å². The molecule has 0 spiro atoms. The van der Waals surface area contributed by atoms with Crippen molar-refractivity contribution >= 4 is 5.70 Å². The number of allylic oxidation sites excluding steroid dienone is 1. The molecule has 0 amide bonds. The predicted molar refractivity (Wildman–Crippen MR) is 94.0 cm³/mol. The van der Waals surface area contributed by atoms with Crippen molar-refractivity contribution in [2.45, 2.75) is 19.3 Å². The Morgan fingerprint density at radius 2 is 1.78 bits per heavy atom. The van der Waals surface area contributed by atoms with Crippen molar-refractivity contribution in [1.82, 2.24) is 9.88 Å². The van der Waals surface area contributed by atoms with Crippen molar-refractivity contribution in [1.29, 1.82) is 0 Å². The van der Waals surface area contributed by atoms with Gasteiger partial charge in [-0.2, -0.15) is 0 Å². The SMILES string of the molecule is C(/CCCc1ccncc1)=C(/c1ccccc1)N1CCOCC1. The lowest BCUT2D eigenvalue weighted by Gasteiger charge is -2.31. The lowest BCUT2D eigenvalue weighted by molar-refractivity contribution is 0.0638. The number of hydrogen-bond donors (Lipinski definition) is 0. The largest absolute Gasteiger partial charge is 0.378 e. The van der Waals surface area contributed by atoms with Crippen molar-refractivity contribution in [2.24, 2.45) is 0 Å². The topological polar surface area (TPSA) is 25.4 Å². The van der Waals surface area contributed by atoms with Gasteiger partial charge in [0.15, 0.2) is 0 Å². The number of benzene rings is 1. The van der Waals surface area contributed by atoms with E-state index in [4.69, 9.17) is 4.74 Å². The maximum atomic E-state index is 5.49. The highest BCUT2D eigenvalue weighted by atomic mass is 16.5. The molecule has 120 valence electrons. The van der Waals surface area contributed by atoms with Gasteiger partial charge in [0.25, 0.3) is 0 Å². The van der Waals surface area contributed by atoms with Gasteiger partial charge in [0.2, 0.25) is 0 Å². The van der Waals surface area contributed by atoms with Crippen LogP contribution in [0.2, 0.25) is 0 Å². The zero-order valence-electron chi connectivity index (χ0n) is 13.5. The van der Waals surface area contributed by atoms with Gasteiger partial charge in [-0.3, -0.25) is 4.98 Å². The van der Waals surface area contributed by atoms with Crippen LogP contribution in [0, 0.1) is 0 Å². The average molecular weight is 308 g/mol. The normalized spacial score (nSPS) is 15.7. The first-order valence-electron chi connectivity index (χ1n) is 8.40. The van der Waals surface area contributed by atoms with E-state index >= 15 is 0 Å². The molecular weight excluding hydrogens is 284 g/mol. The van der Waals surface area contributed by atoms with Gasteiger partial charge < -0.3 is 9.64 Å². The fourth-order valence-electron chi connectivity index (χ4n) is 2.94. The van der Waals surface area contributed by atoms with E-state index in [0.717, 1.165) is 45.6 Å². The van der Waals surface area contributed by atoms with Crippen LogP contribution < -0.4 is 0 Å². The Hall–Kier alpha value is -2.13. The molecule has 23 heavy (non-hydrogen) atoms. The summed E-state index contributed by atoms with van der Waals surface area (Å²) in [6, 6.07) is 14.9. The summed E-state index contributed by atoms with van der Waals surface area (Å²) >= 11 is 0. The second-order valence-electron chi connectivity index (χ2n) is 5.80. The van der Waals surface area contributed by atoms with E-state index in [1.165, 1.54) is 16.8 Å². The van der Waals surface area contributed by atoms with Crippen LogP contribution in [0.5, 0.6) is 0 Å². The van der Waals surface area contributed by atoms with Crippen LogP contribution in [0.3, 0.4) is 0 Å². The zero-order chi connectivity index (χ0) is 15.7. The van der Waals surface area contributed by atoms with Crippen LogP contribution in [-0.2, 0) is 11.2 Å². The van der Waals surface area contributed by atoms with Crippen LogP contribution in [-0.4, -0.2) is 36.2 Å². The van der Waals surface area contributed by atoms with E-state index in [0.29, 0.717) is 0 Å². The molecule has 0 unspecified atom stereocenters. The number of hydrogen-bond acceptors (Lipinski definition) is 3. The number of ether oxygens (including phenoxy) is 1. The highest BCUT2D eigenvalue weighted by Crippen LogP contribution is 2.21. The van der Waals surface area contributed by atoms with Crippen LogP contribution in [0.25, 0.3) is 5.70 Å². The summed E-state index contributed by atoms with van der Waals surface area (Å²) in [7, 11) is 0. The molecule has 2 heterocycles. The van der Waals surface area contributed by atoms with Crippen molar-refractivity contribution in [3.8, 4) is 0 Å². The predicted octanol–water partition coefficient (Wildman–Crippen LogP) is 3.78. The summed E-state index contributed by atoms with van der Waals surface area (Å²) < 4.78 is 5.49. The molecule has 0 atom stereocenters. The van der Waals surface area contributed by atoms with Crippen LogP contribution in [0.4, 0.5) is 0 Å². The summed E-state index contributed by atoms with van der Waals surface area (Å²) in [6.07, 6.45) is 9.48. The Bertz CT molecular complexity index is 604. The number of nitrogens with zero attached hydrogens (tertiary/aromatic N) is 2. The summed E-state index contributed by atoms with van der Waals surface area (Å²) in [5, 5.41) is 0. The van der Waals surface area contributed by atoms with Gasteiger partial charge in [-0.1, -0.05) is 36.4 Å². The molecule has 3 rings (SSSR count). The number of aromatic nitrogens is 1. The molecule has 0 aliphatic carbocycles. The minimum absolute atomic E-state index is 0.821. The van der Waals surface area contributed by atoms with Gasteiger partial charge in [0.05, 0.1) is 13.2 Å². The first-order valence-corrected chi connectivity index (χ1v) is 8.40. The summed E-state index contributed by atoms with van der Waals surface area (Å²) in [4.78, 5) is 6.52. The highest BCUT2D eigenvalue weighted by Gasteiger charge is 2.14. The average Bonchev–Trinajstić information content (AvgIpc) is 2.64. The van der Waals surface area contributed by atoms with E-state index in [2.05, 4.69) is 58.4 Å². The minimum atomic E-state index is 0.821. The third kappa shape index (κ3) is 4.67. The fraction of sp³-hybridized carbons (Fsp3) is 0.350. The Labute approximate surface area is 138 Å². The molecule has 1 aliphatic heterocycles. The third-order valence-electron chi connectivity index (χ3n) is 4.18. The van der Waals surface area contributed by atoms with Crippen molar-refractivity contribution in [3.05, 3.63) is 72.1 Å². The van der Waals surface area contributed by atoms with Gasteiger partial charge in [0.1, 0.15) is 0 Å². The molecule has 0 radical (unpaired) electrons. The molecular formula is C20H24N2O. The summed E-state index contributed by atoms with van der Waals surface area (Å²) in [5.74, 6) is 0. The van der Waals surface area contributed by atoms with E-state index in [1.54, 1.807) is 0 Å². The molecule has 1 saturated heterocycles. The second kappa shape index (κ2) is 8.49. The second-order valence-corrected chi connectivity index (χ2v) is 5.80. The Morgan fingerprint density at radius 1 is 1.04 bits per heavy atom. The van der Waals surface area contributed by atoms with Crippen LogP contribution >= 0.6 is 0 Å². The molecule has 0 bridgehead atoms. The summed E-state index contributed by atoms with van der Waals surface area (Å²) in [6.45, 7) is 3.60. The van der Waals surface area contributed by atoms with Gasteiger partial charge in [-0.05, 0) is 42.5 Å².